The van der Waals surface area contributed by atoms with E-state index in [-0.39, 0.29) is 5.75 Å². The molecule has 1 aliphatic heterocycles. The van der Waals surface area contributed by atoms with E-state index in [1.54, 1.807) is 35.9 Å². The van der Waals surface area contributed by atoms with Gasteiger partial charge >= 0.3 is 12.1 Å². The Hall–Kier alpha value is -3.68. The molecule has 0 atom stereocenters. The number of furan rings is 1. The first-order valence-electron chi connectivity index (χ1n) is 10.8. The number of anilines is 2. The van der Waals surface area contributed by atoms with Crippen LogP contribution in [0.3, 0.4) is 0 Å². The number of hydrogen-bond donors (Lipinski definition) is 4. The predicted octanol–water partition coefficient (Wildman–Crippen LogP) is 4.44. The lowest BCUT2D eigenvalue weighted by Gasteiger charge is -2.26. The van der Waals surface area contributed by atoms with Crippen LogP contribution in [0.15, 0.2) is 53.2 Å². The number of nitrogens with one attached hydrogen (secondary N) is 2. The highest BCUT2D eigenvalue weighted by molar-refractivity contribution is 7.22. The minimum absolute atomic E-state index is 0.208. The van der Waals surface area contributed by atoms with Crippen molar-refractivity contribution in [1.29, 1.82) is 0 Å². The molecule has 0 spiro atoms. The number of benzene rings is 1. The number of thiophene rings is 1. The van der Waals surface area contributed by atoms with Gasteiger partial charge < -0.3 is 25.3 Å². The van der Waals surface area contributed by atoms with Crippen LogP contribution in [0.1, 0.15) is 5.76 Å². The van der Waals surface area contributed by atoms with Crippen LogP contribution in [0.5, 0.6) is 5.75 Å². The first-order valence-corrected chi connectivity index (χ1v) is 11.6. The average molecular weight is 522 g/mol. The zero-order valence-corrected chi connectivity index (χ0v) is 19.6. The van der Waals surface area contributed by atoms with E-state index in [9.17, 15) is 18.3 Å². The molecule has 4 aromatic rings. The molecule has 4 N–H and O–H groups in total. The smallest absolute Gasteiger partial charge is 0.490 e. The third kappa shape index (κ3) is 6.50. The number of hydrogen-bond acceptors (Lipinski definition) is 9. The van der Waals surface area contributed by atoms with Gasteiger partial charge in [-0.1, -0.05) is 6.07 Å². The molecule has 4 heterocycles. The van der Waals surface area contributed by atoms with E-state index in [1.165, 1.54) is 0 Å². The van der Waals surface area contributed by atoms with Gasteiger partial charge in [0, 0.05) is 37.9 Å². The van der Waals surface area contributed by atoms with Crippen LogP contribution in [0.2, 0.25) is 0 Å². The number of halogens is 3. The van der Waals surface area contributed by atoms with Crippen molar-refractivity contribution in [2.45, 2.75) is 12.7 Å². The fourth-order valence-corrected chi connectivity index (χ4v) is 4.49. The van der Waals surface area contributed by atoms with Crippen molar-refractivity contribution in [3.63, 3.8) is 0 Å². The van der Waals surface area contributed by atoms with Crippen molar-refractivity contribution in [3.05, 3.63) is 54.6 Å². The Kier molecular flexibility index (Phi) is 7.72. The summed E-state index contributed by atoms with van der Waals surface area (Å²) in [6.45, 7) is 4.96. The van der Waals surface area contributed by atoms with Gasteiger partial charge in [-0.2, -0.15) is 13.2 Å². The van der Waals surface area contributed by atoms with Crippen LogP contribution in [0.4, 0.5) is 24.7 Å². The number of fused-ring (bicyclic) bond motifs is 1. The first-order chi connectivity index (χ1) is 17.2. The lowest BCUT2D eigenvalue weighted by molar-refractivity contribution is -0.192. The van der Waals surface area contributed by atoms with E-state index in [2.05, 4.69) is 31.6 Å². The summed E-state index contributed by atoms with van der Waals surface area (Å²) in [5.41, 5.74) is 1.64. The van der Waals surface area contributed by atoms with Gasteiger partial charge in [0.15, 0.2) is 5.82 Å². The quantitative estimate of drug-likeness (QED) is 0.302. The molecule has 36 heavy (non-hydrogen) atoms. The number of phenolic OH excluding ortho intramolecular Hbond substituents is 1. The van der Waals surface area contributed by atoms with E-state index in [0.717, 1.165) is 65.0 Å². The molecule has 0 saturated carbocycles. The Labute approximate surface area is 207 Å². The molecule has 0 aliphatic carbocycles. The van der Waals surface area contributed by atoms with Crippen molar-refractivity contribution in [3.8, 4) is 16.4 Å². The normalized spacial score (nSPS) is 14.3. The molecule has 1 aromatic carbocycles. The van der Waals surface area contributed by atoms with E-state index in [1.807, 2.05) is 18.2 Å². The van der Waals surface area contributed by atoms with Crippen LogP contribution < -0.4 is 10.6 Å². The summed E-state index contributed by atoms with van der Waals surface area (Å²) in [5, 5.41) is 23.4. The molecule has 1 saturated heterocycles. The van der Waals surface area contributed by atoms with Gasteiger partial charge in [-0.25, -0.2) is 14.8 Å². The fraction of sp³-hybridized carbons (Fsp3) is 0.261. The predicted molar refractivity (Wildman–Crippen MR) is 128 cm³/mol. The third-order valence-electron chi connectivity index (χ3n) is 5.16. The summed E-state index contributed by atoms with van der Waals surface area (Å²) in [6, 6.07) is 13.1. The lowest BCUT2D eigenvalue weighted by Crippen LogP contribution is -2.42. The topological polar surface area (TPSA) is 124 Å². The Balaban J connectivity index is 0.000000384. The minimum Gasteiger partial charge on any atom is -0.508 e. The van der Waals surface area contributed by atoms with E-state index < -0.39 is 12.1 Å². The van der Waals surface area contributed by atoms with Gasteiger partial charge in [0.2, 0.25) is 0 Å². The molecule has 0 radical (unpaired) electrons. The number of carboxylic acid groups (broad SMARTS) is 1. The minimum atomic E-state index is -5.08. The van der Waals surface area contributed by atoms with Crippen molar-refractivity contribution < 1.29 is 32.6 Å². The standard InChI is InChI=1S/C21H21N5O2S.C2HF3O2/c27-15-3-1-2-14(10-15)25-21-20-17(23-13-24-21)11-19(29-20)18-5-4-16(28-18)12-26-8-6-22-7-9-26;3-2(4,5)1(6)7/h1-5,10-11,13,22,27H,6-9,12H2,(H,23,24,25);(H,6,7). The lowest BCUT2D eigenvalue weighted by atomic mass is 10.3. The molecule has 190 valence electrons. The molecule has 13 heteroatoms. The molecular weight excluding hydrogens is 499 g/mol. The molecule has 1 aliphatic rings. The van der Waals surface area contributed by atoms with E-state index in [0.29, 0.717) is 5.82 Å². The van der Waals surface area contributed by atoms with Crippen molar-refractivity contribution in [1.82, 2.24) is 20.2 Å². The van der Waals surface area contributed by atoms with Crippen molar-refractivity contribution >= 4 is 39.0 Å². The highest BCUT2D eigenvalue weighted by Crippen LogP contribution is 2.37. The second-order valence-corrected chi connectivity index (χ2v) is 8.87. The second kappa shape index (κ2) is 10.9. The number of carbonyl (C=O) groups is 1. The SMILES string of the molecule is O=C(O)C(F)(F)F.Oc1cccc(Nc2ncnc3cc(-c4ccc(CN5CCNCC5)o4)sc23)c1. The zero-order chi connectivity index (χ0) is 25.7. The molecule has 5 rings (SSSR count). The molecule has 0 amide bonds. The number of alkyl halides is 3. The van der Waals surface area contributed by atoms with Gasteiger partial charge in [0.25, 0.3) is 0 Å². The maximum Gasteiger partial charge on any atom is 0.490 e. The first kappa shape index (κ1) is 25.4. The number of rotatable bonds is 5. The number of carboxylic acids is 1. The second-order valence-electron chi connectivity index (χ2n) is 7.82. The summed E-state index contributed by atoms with van der Waals surface area (Å²) >= 11 is 1.59. The van der Waals surface area contributed by atoms with E-state index in [4.69, 9.17) is 14.3 Å². The summed E-state index contributed by atoms with van der Waals surface area (Å²) < 4.78 is 38.8. The zero-order valence-electron chi connectivity index (χ0n) is 18.7. The van der Waals surface area contributed by atoms with Gasteiger partial charge in [0.05, 0.1) is 21.6 Å². The number of nitrogens with zero attached hydrogens (tertiary/aromatic N) is 3. The summed E-state index contributed by atoms with van der Waals surface area (Å²) in [6.07, 6.45) is -3.54. The Morgan fingerprint density at radius 3 is 2.61 bits per heavy atom. The van der Waals surface area contributed by atoms with Crippen molar-refractivity contribution in [2.24, 2.45) is 0 Å². The van der Waals surface area contributed by atoms with Crippen LogP contribution in [0.25, 0.3) is 20.9 Å². The number of phenols is 1. The average Bonchev–Trinajstić information content (AvgIpc) is 3.47. The molecule has 9 nitrogen and oxygen atoms in total. The Bertz CT molecular complexity index is 1330. The number of aromatic hydroxyl groups is 1. The van der Waals surface area contributed by atoms with Crippen LogP contribution >= 0.6 is 11.3 Å². The van der Waals surface area contributed by atoms with Crippen LogP contribution in [-0.2, 0) is 11.3 Å². The van der Waals surface area contributed by atoms with E-state index >= 15 is 0 Å². The van der Waals surface area contributed by atoms with Crippen LogP contribution in [-0.4, -0.2) is 63.4 Å². The van der Waals surface area contributed by atoms with Gasteiger partial charge in [-0.15, -0.1) is 11.3 Å². The highest BCUT2D eigenvalue weighted by Gasteiger charge is 2.38. The number of piperazine rings is 1. The monoisotopic (exact) mass is 521 g/mol. The maximum atomic E-state index is 10.6. The number of aliphatic carboxylic acids is 1. The molecule has 0 bridgehead atoms. The molecule has 3 aromatic heterocycles. The largest absolute Gasteiger partial charge is 0.508 e. The van der Waals surface area contributed by atoms with Crippen molar-refractivity contribution in [2.75, 3.05) is 31.5 Å². The van der Waals surface area contributed by atoms with Gasteiger partial charge in [0.1, 0.15) is 23.6 Å². The molecule has 1 fully saturated rings. The Morgan fingerprint density at radius 2 is 1.92 bits per heavy atom. The maximum absolute atomic E-state index is 10.6. The highest BCUT2D eigenvalue weighted by atomic mass is 32.1. The fourth-order valence-electron chi connectivity index (χ4n) is 3.47. The molecular formula is C23H22F3N5O4S. The summed E-state index contributed by atoms with van der Waals surface area (Å²) in [5.74, 6) is -0.0123. The third-order valence-corrected chi connectivity index (χ3v) is 6.30. The summed E-state index contributed by atoms with van der Waals surface area (Å²) in [7, 11) is 0. The van der Waals surface area contributed by atoms with Crippen LogP contribution in [0, 0.1) is 0 Å². The summed E-state index contributed by atoms with van der Waals surface area (Å²) in [4.78, 5) is 21.1. The van der Waals surface area contributed by atoms with Gasteiger partial charge in [-0.05, 0) is 30.3 Å². The Morgan fingerprint density at radius 1 is 1.17 bits per heavy atom. The molecule has 0 unspecified atom stereocenters. The number of aromatic nitrogens is 2. The van der Waals surface area contributed by atoms with Gasteiger partial charge in [-0.3, -0.25) is 4.90 Å².